The van der Waals surface area contributed by atoms with E-state index in [4.69, 9.17) is 9.47 Å². The normalized spacial score (nSPS) is 26.6. The van der Waals surface area contributed by atoms with Gasteiger partial charge in [0.25, 0.3) is 5.91 Å². The standard InChI is InChI=1S/C63H82F2N8O17/c1-8-9-10-27-89-44-25-21-39(22-26-44)37-13-11-36(12-14-37)38-15-17-41(18-16-38)55(82)66-45-29-47(78)60(90-32-63(64,65)73(5,6)7)70-59(86)51-52(79)33(2)30-72(51)62(88)49(35(4)75)68-58(85)50(54(81)53(80)40-19-23-42(76)24-20-40)69-57(84)46-28-43(77)31-71(46)61(87)48(34(3)74)67-56(45)83/h11-26,33-35,43,45-54,60,74-75,77-81H,8-10,27-32H2,1-7H3,(H5-,66,67,68,69,70,76,82,83,84,85,86)/p+1/t33-,34+,35+,43+,45-,46-,47+,48-,49-,50-,51-,52-,53-,54-,60+/m0/s1. The van der Waals surface area contributed by atoms with Crippen molar-refractivity contribution in [2.75, 3.05) is 47.4 Å². The second kappa shape index (κ2) is 29.9. The van der Waals surface area contributed by atoms with Crippen molar-refractivity contribution in [3.8, 4) is 33.8 Å². The highest BCUT2D eigenvalue weighted by Crippen LogP contribution is 2.31. The summed E-state index contributed by atoms with van der Waals surface area (Å²) in [4.78, 5) is 104. The molecule has 0 aromatic heterocycles. The highest BCUT2D eigenvalue weighted by molar-refractivity contribution is 6.00. The van der Waals surface area contributed by atoms with E-state index in [1.54, 1.807) is 12.1 Å². The third-order valence-electron chi connectivity index (χ3n) is 16.4. The fourth-order valence-corrected chi connectivity index (χ4v) is 10.7. The lowest BCUT2D eigenvalue weighted by Gasteiger charge is -2.36. The monoisotopic (exact) mass is 1260 g/mol. The van der Waals surface area contributed by atoms with Crippen LogP contribution in [0, 0.1) is 5.92 Å². The van der Waals surface area contributed by atoms with Crippen molar-refractivity contribution in [2.24, 2.45) is 5.92 Å². The summed E-state index contributed by atoms with van der Waals surface area (Å²) in [5, 5.41) is 102. The second-order valence-corrected chi connectivity index (χ2v) is 24.2. The molecule has 15 atom stereocenters. The van der Waals surface area contributed by atoms with Gasteiger partial charge in [-0.3, -0.25) is 38.0 Å². The molecule has 4 aromatic carbocycles. The van der Waals surface area contributed by atoms with Gasteiger partial charge < -0.3 is 86.7 Å². The molecule has 0 spiro atoms. The molecule has 90 heavy (non-hydrogen) atoms. The van der Waals surface area contributed by atoms with Crippen molar-refractivity contribution in [1.82, 2.24) is 36.4 Å². The largest absolute Gasteiger partial charge is 0.508 e. The fourth-order valence-electron chi connectivity index (χ4n) is 10.7. The summed E-state index contributed by atoms with van der Waals surface area (Å²) in [7, 11) is 3.36. The Hall–Kier alpha value is -7.73. The van der Waals surface area contributed by atoms with Crippen molar-refractivity contribution in [3.05, 3.63) is 108 Å². The van der Waals surface area contributed by atoms with E-state index >= 15 is 8.78 Å². The quantitative estimate of drug-likeness (QED) is 0.0364. The number of nitrogens with zero attached hydrogens (tertiary/aromatic N) is 3. The lowest BCUT2D eigenvalue weighted by Crippen LogP contribution is -2.64. The number of phenols is 1. The maximum absolute atomic E-state index is 15.8. The molecule has 3 heterocycles. The van der Waals surface area contributed by atoms with Crippen LogP contribution < -0.4 is 31.3 Å². The van der Waals surface area contributed by atoms with E-state index in [1.807, 2.05) is 48.5 Å². The van der Waals surface area contributed by atoms with Crippen LogP contribution in [0.4, 0.5) is 8.78 Å². The summed E-state index contributed by atoms with van der Waals surface area (Å²) in [6.45, 7) is 3.67. The van der Waals surface area contributed by atoms with Crippen LogP contribution >= 0.6 is 0 Å². The third-order valence-corrected chi connectivity index (χ3v) is 16.4. The Morgan fingerprint density at radius 3 is 1.74 bits per heavy atom. The minimum Gasteiger partial charge on any atom is -0.508 e. The molecular weight excluding hydrogens is 1180 g/mol. The number of hydrogen-bond acceptors (Lipinski definition) is 17. The molecule has 0 bridgehead atoms. The average molecular weight is 1260 g/mol. The van der Waals surface area contributed by atoms with E-state index in [9.17, 15) is 74.4 Å². The number of aliphatic hydroxyl groups is 7. The fraction of sp³-hybridized carbons (Fsp3) is 0.508. The molecular formula is C63H83F2N8O17+. The number of fused-ring (bicyclic) bond motifs is 2. The molecule has 7 rings (SSSR count). The van der Waals surface area contributed by atoms with Crippen molar-refractivity contribution < 1.29 is 97.2 Å². The van der Waals surface area contributed by atoms with Crippen LogP contribution in [-0.4, -0.2) is 229 Å². The number of aromatic hydroxyl groups is 1. The number of carbonyl (C=O) groups excluding carboxylic acids is 7. The lowest BCUT2D eigenvalue weighted by molar-refractivity contribution is -0.961. The van der Waals surface area contributed by atoms with Crippen molar-refractivity contribution in [3.63, 3.8) is 0 Å². The zero-order valence-electron chi connectivity index (χ0n) is 51.1. The molecule has 0 radical (unpaired) electrons. The number of amides is 7. The van der Waals surface area contributed by atoms with Crippen LogP contribution in [0.2, 0.25) is 0 Å². The lowest BCUT2D eigenvalue weighted by atomic mass is 9.96. The molecule has 3 aliphatic rings. The van der Waals surface area contributed by atoms with Gasteiger partial charge in [-0.05, 0) is 84.5 Å². The highest BCUT2D eigenvalue weighted by atomic mass is 19.3. The van der Waals surface area contributed by atoms with Gasteiger partial charge in [0.1, 0.15) is 66.1 Å². The first kappa shape index (κ1) is 69.7. The first-order valence-electron chi connectivity index (χ1n) is 29.8. The molecule has 25 nitrogen and oxygen atoms in total. The Bertz CT molecular complexity index is 3140. The maximum Gasteiger partial charge on any atom is 0.413 e. The Kier molecular flexibility index (Phi) is 23.2. The Balaban J connectivity index is 1.25. The predicted octanol–water partition coefficient (Wildman–Crippen LogP) is 0.396. The third kappa shape index (κ3) is 16.8. The van der Waals surface area contributed by atoms with Crippen LogP contribution in [-0.2, 0) is 33.5 Å². The topological polar surface area (TPSA) is 366 Å². The zero-order valence-corrected chi connectivity index (χ0v) is 51.1. The molecule has 3 saturated heterocycles. The average Bonchev–Trinajstić information content (AvgIpc) is 1.63. The van der Waals surface area contributed by atoms with Gasteiger partial charge in [0.05, 0.1) is 52.2 Å². The van der Waals surface area contributed by atoms with E-state index in [0.29, 0.717) is 12.2 Å². The van der Waals surface area contributed by atoms with Crippen molar-refractivity contribution in [2.45, 2.75) is 151 Å². The van der Waals surface area contributed by atoms with Crippen molar-refractivity contribution >= 4 is 41.4 Å². The number of benzene rings is 4. The Morgan fingerprint density at radius 1 is 0.678 bits per heavy atom. The van der Waals surface area contributed by atoms with E-state index in [-0.39, 0.29) is 16.9 Å². The van der Waals surface area contributed by atoms with Gasteiger partial charge in [0, 0.05) is 37.4 Å². The number of carbonyl (C=O) groups is 7. The minimum absolute atomic E-state index is 0.0552. The number of phenolic OH excluding ortho intramolecular Hbond substituents is 1. The summed E-state index contributed by atoms with van der Waals surface area (Å²) >= 11 is 0. The molecule has 13 N–H and O–H groups in total. The number of nitrogens with one attached hydrogen (secondary N) is 5. The van der Waals surface area contributed by atoms with E-state index < -0.39 is 176 Å². The molecule has 0 unspecified atom stereocenters. The summed E-state index contributed by atoms with van der Waals surface area (Å²) in [5.41, 5.74) is 3.14. The molecule has 4 aromatic rings. The maximum atomic E-state index is 15.8. The molecule has 3 aliphatic heterocycles. The van der Waals surface area contributed by atoms with Gasteiger partial charge in [0.15, 0.2) is 12.8 Å². The SMILES string of the molecule is CCCCCOc1ccc(-c2ccc(-c3ccc(C(=O)N[C@H]4C[C@@H](O)[C@@H](OCC(F)(F)[N+](C)(C)C)NC(=O)[C@@H]5[C@@H](O)[C@@H](C)CN5C(=O)[C@H]([C@@H](C)O)NC(=O)[C@H]([C@H](O)[C@@H](O)c5ccc(O)cc5)NC(=O)[C@@H]5C[C@@H](O)CN5C(=O)[C@H]([C@@H](C)O)NC4=O)cc3)cc2)cc1. The van der Waals surface area contributed by atoms with Gasteiger partial charge in [-0.25, -0.2) is 0 Å². The Labute approximate surface area is 519 Å². The number of halogens is 2. The number of aliphatic hydroxyl groups excluding tert-OH is 7. The van der Waals surface area contributed by atoms with Crippen molar-refractivity contribution in [1.29, 1.82) is 0 Å². The molecule has 0 aliphatic carbocycles. The number of hydrogen-bond donors (Lipinski definition) is 13. The van der Waals surface area contributed by atoms with Crippen LogP contribution in [0.1, 0.15) is 81.8 Å². The van der Waals surface area contributed by atoms with E-state index in [2.05, 4.69) is 33.5 Å². The van der Waals surface area contributed by atoms with Gasteiger partial charge >= 0.3 is 6.05 Å². The van der Waals surface area contributed by atoms with Crippen LogP contribution in [0.3, 0.4) is 0 Å². The molecule has 3 fully saturated rings. The van der Waals surface area contributed by atoms with Gasteiger partial charge in [-0.1, -0.05) is 87.4 Å². The number of quaternary nitrogens is 1. The molecule has 27 heteroatoms. The van der Waals surface area contributed by atoms with E-state index in [0.717, 1.165) is 98.6 Å². The summed E-state index contributed by atoms with van der Waals surface area (Å²) in [6, 6.07) is 10.0. The zero-order chi connectivity index (χ0) is 66.1. The summed E-state index contributed by atoms with van der Waals surface area (Å²) in [5.74, 6) is -9.29. The predicted molar refractivity (Wildman–Crippen MR) is 320 cm³/mol. The second-order valence-electron chi connectivity index (χ2n) is 24.2. The molecule has 490 valence electrons. The molecule has 7 amide bonds. The van der Waals surface area contributed by atoms with Gasteiger partial charge in [0.2, 0.25) is 35.4 Å². The van der Waals surface area contributed by atoms with Crippen LogP contribution in [0.15, 0.2) is 97.1 Å². The first-order chi connectivity index (χ1) is 42.4. The van der Waals surface area contributed by atoms with Gasteiger partial charge in [-0.2, -0.15) is 0 Å². The van der Waals surface area contributed by atoms with Gasteiger partial charge in [-0.15, -0.1) is 8.78 Å². The van der Waals surface area contributed by atoms with E-state index in [1.165, 1.54) is 31.2 Å². The number of likely N-dealkylation sites (N-methyl/N-ethyl adjacent to an activating group) is 1. The minimum atomic E-state index is -3.76. The first-order valence-corrected chi connectivity index (χ1v) is 29.8. The number of ether oxygens (including phenoxy) is 2. The summed E-state index contributed by atoms with van der Waals surface area (Å²) < 4.78 is 41.9. The Morgan fingerprint density at radius 2 is 1.20 bits per heavy atom. The molecule has 0 saturated carbocycles. The highest BCUT2D eigenvalue weighted by Gasteiger charge is 2.52. The van der Waals surface area contributed by atoms with Crippen LogP contribution in [0.5, 0.6) is 11.5 Å². The number of unbranched alkanes of at least 4 members (excludes halogenated alkanes) is 2. The summed E-state index contributed by atoms with van der Waals surface area (Å²) in [6.07, 6.45) is -14.4. The van der Waals surface area contributed by atoms with Crippen LogP contribution in [0.25, 0.3) is 22.3 Å². The number of rotatable bonds is 18. The number of alkyl halides is 2. The smallest absolute Gasteiger partial charge is 0.413 e.